The van der Waals surface area contributed by atoms with Crippen LogP contribution in [-0.2, 0) is 30.5 Å². The van der Waals surface area contributed by atoms with Crippen LogP contribution >= 0.6 is 0 Å². The fraction of sp³-hybridized carbons (Fsp3) is 0.391. The van der Waals surface area contributed by atoms with E-state index in [-0.39, 0.29) is 30.3 Å². The van der Waals surface area contributed by atoms with Crippen molar-refractivity contribution in [2.75, 3.05) is 20.2 Å². The number of methoxy groups -OCH3 is 1. The molecule has 0 atom stereocenters. The summed E-state index contributed by atoms with van der Waals surface area (Å²) >= 11 is 0. The van der Waals surface area contributed by atoms with Crippen molar-refractivity contribution in [3.8, 4) is 5.75 Å². The maximum Gasteiger partial charge on any atom is 0.416 e. The van der Waals surface area contributed by atoms with Crippen LogP contribution in [0.5, 0.6) is 5.75 Å². The predicted molar refractivity (Wildman–Crippen MR) is 113 cm³/mol. The van der Waals surface area contributed by atoms with Crippen LogP contribution in [0.15, 0.2) is 42.5 Å². The summed E-state index contributed by atoms with van der Waals surface area (Å²) in [6.07, 6.45) is -2.99. The molecule has 32 heavy (non-hydrogen) atoms. The second-order valence-corrected chi connectivity index (χ2v) is 7.57. The van der Waals surface area contributed by atoms with Gasteiger partial charge in [-0.05, 0) is 41.7 Å². The first-order valence-electron chi connectivity index (χ1n) is 10.4. The minimum Gasteiger partial charge on any atom is -0.497 e. The number of ether oxygens (including phenoxy) is 1. The molecule has 0 saturated heterocycles. The van der Waals surface area contributed by atoms with Gasteiger partial charge >= 0.3 is 12.2 Å². The quantitative estimate of drug-likeness (QED) is 0.631. The first-order valence-corrected chi connectivity index (χ1v) is 10.4. The molecular weight excluding hydrogens is 423 g/mol. The van der Waals surface area contributed by atoms with Crippen molar-refractivity contribution in [2.24, 2.45) is 0 Å². The first-order chi connectivity index (χ1) is 15.3. The highest BCUT2D eigenvalue weighted by atomic mass is 19.4. The van der Waals surface area contributed by atoms with Crippen molar-refractivity contribution in [3.63, 3.8) is 0 Å². The van der Waals surface area contributed by atoms with Gasteiger partial charge in [0.15, 0.2) is 0 Å². The lowest BCUT2D eigenvalue weighted by atomic mass is 9.99. The Morgan fingerprint density at radius 3 is 2.56 bits per heavy atom. The predicted octanol–water partition coefficient (Wildman–Crippen LogP) is 3.88. The molecule has 1 heterocycles. The highest BCUT2D eigenvalue weighted by molar-refractivity contribution is 5.77. The molecule has 2 aromatic rings. The fourth-order valence-corrected chi connectivity index (χ4v) is 3.65. The Bertz CT molecular complexity index is 963. The van der Waals surface area contributed by atoms with E-state index in [0.717, 1.165) is 18.1 Å². The van der Waals surface area contributed by atoms with Gasteiger partial charge in [-0.2, -0.15) is 13.2 Å². The summed E-state index contributed by atoms with van der Waals surface area (Å²) in [5.41, 5.74) is 1.50. The number of carbonyl (C=O) groups is 2. The van der Waals surface area contributed by atoms with Crippen molar-refractivity contribution in [3.05, 3.63) is 64.7 Å². The monoisotopic (exact) mass is 449 g/mol. The van der Waals surface area contributed by atoms with Gasteiger partial charge in [0.05, 0.1) is 12.7 Å². The van der Waals surface area contributed by atoms with Crippen LogP contribution in [-0.4, -0.2) is 37.0 Å². The molecule has 9 heteroatoms. The number of nitrogens with one attached hydrogen (secondary N) is 2. The summed E-state index contributed by atoms with van der Waals surface area (Å²) in [5.74, 6) is 0.113. The van der Waals surface area contributed by atoms with Gasteiger partial charge in [-0.15, -0.1) is 0 Å². The average Bonchev–Trinajstić information content (AvgIpc) is 2.79. The third-order valence-electron chi connectivity index (χ3n) is 5.40. The minimum atomic E-state index is -4.56. The molecule has 0 aromatic heterocycles. The van der Waals surface area contributed by atoms with E-state index in [1.165, 1.54) is 24.8 Å². The number of rotatable bonds is 7. The number of alkyl halides is 3. The average molecular weight is 449 g/mol. The Labute approximate surface area is 184 Å². The molecule has 2 aromatic carbocycles. The van der Waals surface area contributed by atoms with E-state index in [1.807, 2.05) is 23.1 Å². The molecule has 0 bridgehead atoms. The molecule has 0 radical (unpaired) electrons. The highest BCUT2D eigenvalue weighted by Gasteiger charge is 2.33. The Morgan fingerprint density at radius 2 is 1.84 bits per heavy atom. The molecule has 0 aliphatic carbocycles. The normalized spacial score (nSPS) is 13.3. The molecule has 3 rings (SSSR count). The molecule has 1 aliphatic rings. The van der Waals surface area contributed by atoms with Gasteiger partial charge in [-0.1, -0.05) is 30.3 Å². The Balaban J connectivity index is 1.40. The second kappa shape index (κ2) is 10.4. The van der Waals surface area contributed by atoms with Gasteiger partial charge < -0.3 is 20.3 Å². The summed E-state index contributed by atoms with van der Waals surface area (Å²) in [5, 5.41) is 5.01. The summed E-state index contributed by atoms with van der Waals surface area (Å²) in [4.78, 5) is 26.2. The number of hydrogen-bond acceptors (Lipinski definition) is 3. The zero-order valence-corrected chi connectivity index (χ0v) is 17.8. The van der Waals surface area contributed by atoms with E-state index in [0.29, 0.717) is 25.9 Å². The molecule has 172 valence electrons. The van der Waals surface area contributed by atoms with Gasteiger partial charge in [0.1, 0.15) is 5.75 Å². The van der Waals surface area contributed by atoms with E-state index in [9.17, 15) is 22.8 Å². The lowest BCUT2D eigenvalue weighted by Crippen LogP contribution is -2.38. The van der Waals surface area contributed by atoms with Crippen LogP contribution in [0.3, 0.4) is 0 Å². The smallest absolute Gasteiger partial charge is 0.416 e. The molecule has 0 unspecified atom stereocenters. The molecule has 3 amide bonds. The number of carbonyl (C=O) groups excluding carboxylic acids is 2. The third kappa shape index (κ3) is 6.15. The van der Waals surface area contributed by atoms with E-state index in [1.54, 1.807) is 0 Å². The number of urea groups is 1. The van der Waals surface area contributed by atoms with Crippen LogP contribution < -0.4 is 15.4 Å². The molecule has 6 nitrogen and oxygen atoms in total. The summed E-state index contributed by atoms with van der Waals surface area (Å²) < 4.78 is 44.5. The van der Waals surface area contributed by atoms with Crippen molar-refractivity contribution in [1.29, 1.82) is 0 Å². The minimum absolute atomic E-state index is 0.0229. The van der Waals surface area contributed by atoms with Gasteiger partial charge in [-0.25, -0.2) is 4.79 Å². The van der Waals surface area contributed by atoms with E-state index in [2.05, 4.69) is 16.7 Å². The van der Waals surface area contributed by atoms with Gasteiger partial charge in [0.2, 0.25) is 5.91 Å². The Hall–Kier alpha value is -3.23. The van der Waals surface area contributed by atoms with Gasteiger partial charge in [0.25, 0.3) is 0 Å². The third-order valence-corrected chi connectivity index (χ3v) is 5.40. The van der Waals surface area contributed by atoms with Crippen molar-refractivity contribution < 1.29 is 27.5 Å². The molecular formula is C23H26F3N3O3. The fourth-order valence-electron chi connectivity index (χ4n) is 3.65. The van der Waals surface area contributed by atoms with Crippen LogP contribution in [0.1, 0.15) is 35.1 Å². The highest BCUT2D eigenvalue weighted by Crippen LogP contribution is 2.34. The van der Waals surface area contributed by atoms with Gasteiger partial charge in [0, 0.05) is 32.6 Å². The lowest BCUT2D eigenvalue weighted by Gasteiger charge is -2.29. The van der Waals surface area contributed by atoms with Crippen molar-refractivity contribution >= 4 is 11.9 Å². The SMILES string of the molecule is COc1ccc(CNC(=O)NCCCC(=O)N2CCc3ccccc3C2)c(C(F)(F)F)c1. The number of nitrogens with zero attached hydrogens (tertiary/aromatic N) is 1. The summed E-state index contributed by atoms with van der Waals surface area (Å²) in [6, 6.07) is 11.0. The Kier molecular flexibility index (Phi) is 7.61. The summed E-state index contributed by atoms with van der Waals surface area (Å²) in [7, 11) is 1.29. The van der Waals surface area contributed by atoms with Gasteiger partial charge in [-0.3, -0.25) is 4.79 Å². The van der Waals surface area contributed by atoms with E-state index < -0.39 is 17.8 Å². The Morgan fingerprint density at radius 1 is 1.09 bits per heavy atom. The number of halogens is 3. The first kappa shape index (κ1) is 23.4. The molecule has 0 spiro atoms. The number of hydrogen-bond donors (Lipinski definition) is 2. The second-order valence-electron chi connectivity index (χ2n) is 7.57. The van der Waals surface area contributed by atoms with Crippen molar-refractivity contribution in [2.45, 2.75) is 38.5 Å². The van der Waals surface area contributed by atoms with Crippen molar-refractivity contribution in [1.82, 2.24) is 15.5 Å². The van der Waals surface area contributed by atoms with Crippen LogP contribution in [0.25, 0.3) is 0 Å². The number of amides is 3. The number of benzene rings is 2. The maximum absolute atomic E-state index is 13.2. The van der Waals surface area contributed by atoms with E-state index >= 15 is 0 Å². The zero-order valence-electron chi connectivity index (χ0n) is 17.8. The maximum atomic E-state index is 13.2. The number of fused-ring (bicyclic) bond motifs is 1. The molecule has 1 aliphatic heterocycles. The van der Waals surface area contributed by atoms with E-state index in [4.69, 9.17) is 4.74 Å². The van der Waals surface area contributed by atoms with Crippen LogP contribution in [0.2, 0.25) is 0 Å². The molecule has 2 N–H and O–H groups in total. The lowest BCUT2D eigenvalue weighted by molar-refractivity contribution is -0.138. The standard InChI is InChI=1S/C23H26F3N3O3/c1-32-19-9-8-17(20(13-19)23(24,25)26)14-28-22(31)27-11-4-7-21(30)29-12-10-16-5-2-3-6-18(16)15-29/h2-3,5-6,8-9,13H,4,7,10-12,14-15H2,1H3,(H2,27,28,31). The van der Waals surface area contributed by atoms with Crippen LogP contribution in [0, 0.1) is 0 Å². The molecule has 0 fully saturated rings. The molecule has 0 saturated carbocycles. The van der Waals surface area contributed by atoms with Crippen LogP contribution in [0.4, 0.5) is 18.0 Å². The largest absolute Gasteiger partial charge is 0.497 e. The topological polar surface area (TPSA) is 70.7 Å². The summed E-state index contributed by atoms with van der Waals surface area (Å²) in [6.45, 7) is 1.23. The zero-order chi connectivity index (χ0) is 23.1.